The molecule has 3 aromatic heterocycles. The van der Waals surface area contributed by atoms with Crippen molar-refractivity contribution in [3.63, 3.8) is 0 Å². The first-order valence-electron chi connectivity index (χ1n) is 16.4. The predicted molar refractivity (Wildman–Crippen MR) is 198 cm³/mol. The summed E-state index contributed by atoms with van der Waals surface area (Å²) in [5.41, 5.74) is 13.8. The van der Waals surface area contributed by atoms with Crippen LogP contribution in [0.25, 0.3) is 89.2 Å². The van der Waals surface area contributed by atoms with Crippen LogP contribution in [0, 0.1) is 0 Å². The highest BCUT2D eigenvalue weighted by Gasteiger charge is 2.30. The summed E-state index contributed by atoms with van der Waals surface area (Å²) >= 11 is 0. The summed E-state index contributed by atoms with van der Waals surface area (Å²) in [5, 5.41) is 19.0. The standard InChI is InChI=1S/C44H28N4O/c49-40-23-11-9-20-37(40)42-41(28-13-2-1-3-14-28)43-35-19-7-6-17-32(35)30-15-4-5-16-31(30)34-25-24-29(27-39(34)48(43)46-42)47-38-22-10-8-18-33(38)36-21-12-26-45-44(36)47/h1-27,49H. The number of rotatable bonds is 3. The quantitative estimate of drug-likeness (QED) is 0.212. The van der Waals surface area contributed by atoms with Crippen LogP contribution < -0.4 is 0 Å². The number of phenolic OH excluding ortho intramolecular Hbond substituents is 1. The molecule has 0 fully saturated rings. The summed E-state index contributed by atoms with van der Waals surface area (Å²) < 4.78 is 4.34. The molecular weight excluding hydrogens is 601 g/mol. The van der Waals surface area contributed by atoms with Gasteiger partial charge in [-0.25, -0.2) is 9.67 Å². The highest BCUT2D eigenvalue weighted by atomic mass is 16.3. The molecule has 5 heteroatoms. The molecule has 0 saturated carbocycles. The average Bonchev–Trinajstić information content (AvgIpc) is 3.71. The van der Waals surface area contributed by atoms with Gasteiger partial charge in [-0.1, -0.05) is 115 Å². The molecule has 0 radical (unpaired) electrons. The Kier molecular flexibility index (Phi) is 5.96. The number of pyridine rings is 1. The van der Waals surface area contributed by atoms with E-state index in [2.05, 4.69) is 131 Å². The van der Waals surface area contributed by atoms with E-state index in [0.717, 1.165) is 83.6 Å². The maximum absolute atomic E-state index is 11.3. The van der Waals surface area contributed by atoms with E-state index in [-0.39, 0.29) is 5.75 Å². The number of phenols is 1. The fourth-order valence-electron chi connectivity index (χ4n) is 7.58. The topological polar surface area (TPSA) is 55.9 Å². The molecular formula is C44H28N4O. The van der Waals surface area contributed by atoms with Crippen LogP contribution in [0.5, 0.6) is 5.75 Å². The third-order valence-corrected chi connectivity index (χ3v) is 9.70. The second-order valence-corrected chi connectivity index (χ2v) is 12.4. The van der Waals surface area contributed by atoms with Gasteiger partial charge in [0.25, 0.3) is 0 Å². The van der Waals surface area contributed by atoms with Crippen molar-refractivity contribution in [2.75, 3.05) is 0 Å². The van der Waals surface area contributed by atoms with Gasteiger partial charge < -0.3 is 5.11 Å². The first kappa shape index (κ1) is 27.4. The third kappa shape index (κ3) is 4.06. The van der Waals surface area contributed by atoms with Gasteiger partial charge in [0, 0.05) is 44.9 Å². The molecule has 0 spiro atoms. The summed E-state index contributed by atoms with van der Waals surface area (Å²) in [6.45, 7) is 0. The van der Waals surface area contributed by atoms with E-state index in [1.807, 2.05) is 36.5 Å². The summed E-state index contributed by atoms with van der Waals surface area (Å²) in [5.74, 6) is 0.188. The summed E-state index contributed by atoms with van der Waals surface area (Å²) in [6.07, 6.45) is 1.86. The van der Waals surface area contributed by atoms with Crippen LogP contribution in [0.1, 0.15) is 0 Å². The molecule has 0 amide bonds. The highest BCUT2D eigenvalue weighted by molar-refractivity contribution is 6.08. The fourth-order valence-corrected chi connectivity index (χ4v) is 7.58. The molecule has 9 aromatic rings. The molecule has 0 aliphatic carbocycles. The lowest BCUT2D eigenvalue weighted by Crippen LogP contribution is -2.07. The van der Waals surface area contributed by atoms with Crippen molar-refractivity contribution in [1.29, 1.82) is 0 Å². The van der Waals surface area contributed by atoms with Crippen LogP contribution in [0.2, 0.25) is 0 Å². The maximum Gasteiger partial charge on any atom is 0.145 e. The van der Waals surface area contributed by atoms with Crippen LogP contribution in [0.15, 0.2) is 164 Å². The van der Waals surface area contributed by atoms with Crippen LogP contribution in [0.4, 0.5) is 0 Å². The van der Waals surface area contributed by atoms with Gasteiger partial charge in [0.1, 0.15) is 17.1 Å². The lowest BCUT2D eigenvalue weighted by Gasteiger charge is -2.23. The SMILES string of the molecule is Oc1ccccc1-c1nn2c(c1-c1ccccc1)-c1ccccc1-c1ccccc1-c1ccc(-n3c4ccccc4c4cccnc43)cc1-2. The van der Waals surface area contributed by atoms with Gasteiger partial charge in [-0.15, -0.1) is 0 Å². The minimum atomic E-state index is 0.188. The van der Waals surface area contributed by atoms with Gasteiger partial charge in [0.2, 0.25) is 0 Å². The van der Waals surface area contributed by atoms with Crippen molar-refractivity contribution >= 4 is 21.9 Å². The first-order chi connectivity index (χ1) is 24.3. The van der Waals surface area contributed by atoms with Crippen LogP contribution >= 0.6 is 0 Å². The zero-order valence-electron chi connectivity index (χ0n) is 26.3. The second-order valence-electron chi connectivity index (χ2n) is 12.4. The molecule has 0 bridgehead atoms. The fraction of sp³-hybridized carbons (Fsp3) is 0. The van der Waals surface area contributed by atoms with Crippen molar-refractivity contribution in [3.05, 3.63) is 164 Å². The molecule has 49 heavy (non-hydrogen) atoms. The number of aromatic hydroxyl groups is 1. The second kappa shape index (κ2) is 10.7. The van der Waals surface area contributed by atoms with Crippen LogP contribution in [-0.2, 0) is 0 Å². The van der Waals surface area contributed by atoms with Crippen LogP contribution in [-0.4, -0.2) is 24.4 Å². The molecule has 1 N–H and O–H groups in total. The molecule has 0 saturated heterocycles. The van der Waals surface area contributed by atoms with Crippen molar-refractivity contribution in [2.45, 2.75) is 0 Å². The molecule has 4 heterocycles. The minimum Gasteiger partial charge on any atom is -0.507 e. The molecule has 1 aliphatic rings. The molecule has 10 rings (SSSR count). The number of para-hydroxylation sites is 2. The van der Waals surface area contributed by atoms with Crippen molar-refractivity contribution in [2.24, 2.45) is 0 Å². The number of hydrogen-bond donors (Lipinski definition) is 1. The van der Waals surface area contributed by atoms with E-state index < -0.39 is 0 Å². The number of hydrogen-bond acceptors (Lipinski definition) is 3. The minimum absolute atomic E-state index is 0.188. The Labute approximate surface area is 282 Å². The number of fused-ring (bicyclic) bond motifs is 11. The van der Waals surface area contributed by atoms with Crippen molar-refractivity contribution in [1.82, 2.24) is 19.3 Å². The zero-order chi connectivity index (χ0) is 32.5. The number of benzene rings is 6. The Morgan fingerprint density at radius 2 is 1.14 bits per heavy atom. The first-order valence-corrected chi connectivity index (χ1v) is 16.4. The van der Waals surface area contributed by atoms with E-state index in [9.17, 15) is 5.11 Å². The van der Waals surface area contributed by atoms with E-state index in [1.165, 1.54) is 0 Å². The van der Waals surface area contributed by atoms with E-state index in [1.54, 1.807) is 6.07 Å². The zero-order valence-corrected chi connectivity index (χ0v) is 26.3. The summed E-state index contributed by atoms with van der Waals surface area (Å²) in [7, 11) is 0. The Bertz CT molecular complexity index is 2680. The maximum atomic E-state index is 11.3. The largest absolute Gasteiger partial charge is 0.507 e. The lowest BCUT2D eigenvalue weighted by atomic mass is 9.86. The highest BCUT2D eigenvalue weighted by Crippen LogP contribution is 2.50. The number of aromatic nitrogens is 4. The van der Waals surface area contributed by atoms with Crippen molar-refractivity contribution in [3.8, 4) is 73.0 Å². The van der Waals surface area contributed by atoms with Gasteiger partial charge in [-0.2, -0.15) is 5.10 Å². The smallest absolute Gasteiger partial charge is 0.145 e. The molecule has 230 valence electrons. The van der Waals surface area contributed by atoms with Gasteiger partial charge in [-0.05, 0) is 64.7 Å². The monoisotopic (exact) mass is 628 g/mol. The van der Waals surface area contributed by atoms with Gasteiger partial charge >= 0.3 is 0 Å². The van der Waals surface area contributed by atoms with Gasteiger partial charge in [0.15, 0.2) is 0 Å². The summed E-state index contributed by atoms with van der Waals surface area (Å²) in [6, 6.07) is 54.3. The molecule has 0 atom stereocenters. The molecule has 5 nitrogen and oxygen atoms in total. The van der Waals surface area contributed by atoms with Gasteiger partial charge in [0.05, 0.1) is 16.9 Å². The Morgan fingerprint density at radius 3 is 1.94 bits per heavy atom. The Morgan fingerprint density at radius 1 is 0.510 bits per heavy atom. The van der Waals surface area contributed by atoms with E-state index in [0.29, 0.717) is 5.56 Å². The Hall–Kier alpha value is -6.72. The van der Waals surface area contributed by atoms with E-state index >= 15 is 0 Å². The Balaban J connectivity index is 1.38. The molecule has 1 aliphatic heterocycles. The third-order valence-electron chi connectivity index (χ3n) is 9.70. The van der Waals surface area contributed by atoms with Crippen molar-refractivity contribution < 1.29 is 5.11 Å². The van der Waals surface area contributed by atoms with Gasteiger partial charge in [-0.3, -0.25) is 4.57 Å². The normalized spacial score (nSPS) is 11.8. The number of nitrogens with zero attached hydrogens (tertiary/aromatic N) is 4. The molecule has 0 unspecified atom stereocenters. The predicted octanol–water partition coefficient (Wildman–Crippen LogP) is 10.7. The van der Waals surface area contributed by atoms with Crippen LogP contribution in [0.3, 0.4) is 0 Å². The summed E-state index contributed by atoms with van der Waals surface area (Å²) in [4.78, 5) is 4.87. The lowest BCUT2D eigenvalue weighted by molar-refractivity contribution is 0.477. The average molecular weight is 629 g/mol. The van der Waals surface area contributed by atoms with E-state index in [4.69, 9.17) is 10.1 Å². The molecule has 6 aromatic carbocycles.